The molecule has 3 aromatic rings. The van der Waals surface area contributed by atoms with E-state index in [1.54, 1.807) is 70.7 Å². The van der Waals surface area contributed by atoms with E-state index >= 15 is 0 Å². The van der Waals surface area contributed by atoms with E-state index in [2.05, 4.69) is 15.6 Å². The van der Waals surface area contributed by atoms with Crippen molar-refractivity contribution in [1.29, 1.82) is 0 Å². The van der Waals surface area contributed by atoms with Gasteiger partial charge in [0.15, 0.2) is 11.5 Å². The molecule has 188 valence electrons. The van der Waals surface area contributed by atoms with Crippen LogP contribution in [0.15, 0.2) is 36.5 Å². The number of aromatic nitrogens is 3. The summed E-state index contributed by atoms with van der Waals surface area (Å²) in [5.74, 6) is 1.77. The van der Waals surface area contributed by atoms with Gasteiger partial charge >= 0.3 is 0 Å². The lowest BCUT2D eigenvalue weighted by atomic mass is 10.1. The number of nitrogens with zero attached hydrogens (tertiary/aromatic N) is 3. The summed E-state index contributed by atoms with van der Waals surface area (Å²) in [6.45, 7) is 1.20. The number of nitrogens with one attached hydrogen (secondary N) is 1. The second kappa shape index (κ2) is 12.6. The van der Waals surface area contributed by atoms with Gasteiger partial charge in [0.05, 0.1) is 77.9 Å². The topological polar surface area (TPSA) is 115 Å². The van der Waals surface area contributed by atoms with Crippen molar-refractivity contribution in [2.75, 3.05) is 60.7 Å². The molecular formula is C24H30N4O7. The largest absolute Gasteiger partial charge is 0.495 e. The van der Waals surface area contributed by atoms with Gasteiger partial charge in [-0.25, -0.2) is 4.68 Å². The summed E-state index contributed by atoms with van der Waals surface area (Å²) < 4.78 is 33.7. The minimum absolute atomic E-state index is 0.196. The van der Waals surface area contributed by atoms with Gasteiger partial charge in [0.2, 0.25) is 11.7 Å². The summed E-state index contributed by atoms with van der Waals surface area (Å²) in [4.78, 5) is 12.5. The van der Waals surface area contributed by atoms with Crippen molar-refractivity contribution in [2.45, 2.75) is 6.42 Å². The number of hydrogen-bond acceptors (Lipinski definition) is 9. The zero-order valence-electron chi connectivity index (χ0n) is 20.5. The third kappa shape index (κ3) is 6.19. The summed E-state index contributed by atoms with van der Waals surface area (Å²) in [5.41, 5.74) is 2.61. The Hall–Kier alpha value is -3.83. The molecule has 11 nitrogen and oxygen atoms in total. The van der Waals surface area contributed by atoms with Gasteiger partial charge in [-0.05, 0) is 18.2 Å². The van der Waals surface area contributed by atoms with Gasteiger partial charge in [-0.2, -0.15) is 0 Å². The molecule has 0 saturated heterocycles. The second-order valence-electron chi connectivity index (χ2n) is 7.23. The SMILES string of the molecule is COCCOCCC(=O)Nc1cc(-c2cnnn2-c2cc(OC)c(OC)c(OC)c2)ccc1OC. The van der Waals surface area contributed by atoms with Crippen molar-refractivity contribution in [3.05, 3.63) is 36.5 Å². The number of amides is 1. The molecule has 0 atom stereocenters. The highest BCUT2D eigenvalue weighted by atomic mass is 16.5. The zero-order valence-corrected chi connectivity index (χ0v) is 20.5. The molecule has 0 fully saturated rings. The third-order valence-electron chi connectivity index (χ3n) is 5.12. The lowest BCUT2D eigenvalue weighted by Crippen LogP contribution is -2.15. The molecule has 0 saturated carbocycles. The first-order valence-corrected chi connectivity index (χ1v) is 10.8. The summed E-state index contributed by atoms with van der Waals surface area (Å²) in [5, 5.41) is 11.2. The lowest BCUT2D eigenvalue weighted by Gasteiger charge is -2.16. The van der Waals surface area contributed by atoms with E-state index in [4.69, 9.17) is 28.4 Å². The average molecular weight is 487 g/mol. The first-order valence-electron chi connectivity index (χ1n) is 10.8. The van der Waals surface area contributed by atoms with Crippen molar-refractivity contribution in [3.8, 4) is 39.9 Å². The van der Waals surface area contributed by atoms with E-state index in [0.717, 1.165) is 5.56 Å². The van der Waals surface area contributed by atoms with Crippen molar-refractivity contribution < 1.29 is 33.2 Å². The fourth-order valence-corrected chi connectivity index (χ4v) is 3.40. The van der Waals surface area contributed by atoms with Gasteiger partial charge in [0.25, 0.3) is 0 Å². The van der Waals surface area contributed by atoms with E-state index in [-0.39, 0.29) is 18.9 Å². The van der Waals surface area contributed by atoms with Gasteiger partial charge in [-0.15, -0.1) is 5.10 Å². The fraction of sp³-hybridized carbons (Fsp3) is 0.375. The molecule has 1 amide bonds. The molecule has 0 unspecified atom stereocenters. The van der Waals surface area contributed by atoms with Crippen LogP contribution >= 0.6 is 0 Å². The maximum atomic E-state index is 12.5. The molecular weight excluding hydrogens is 456 g/mol. The fourth-order valence-electron chi connectivity index (χ4n) is 3.40. The number of anilines is 1. The van der Waals surface area contributed by atoms with Crippen LogP contribution in [0.4, 0.5) is 5.69 Å². The Kier molecular flexibility index (Phi) is 9.27. The molecule has 11 heteroatoms. The lowest BCUT2D eigenvalue weighted by molar-refractivity contribution is -0.117. The van der Waals surface area contributed by atoms with Crippen molar-refractivity contribution in [1.82, 2.24) is 15.0 Å². The smallest absolute Gasteiger partial charge is 0.226 e. The van der Waals surface area contributed by atoms with Crippen LogP contribution < -0.4 is 24.3 Å². The maximum Gasteiger partial charge on any atom is 0.226 e. The molecule has 0 aliphatic heterocycles. The van der Waals surface area contributed by atoms with E-state index in [1.807, 2.05) is 6.07 Å². The van der Waals surface area contributed by atoms with Crippen LogP contribution in [-0.4, -0.2) is 76.3 Å². The first kappa shape index (κ1) is 25.8. The normalized spacial score (nSPS) is 10.7. The molecule has 0 aliphatic rings. The Balaban J connectivity index is 1.89. The second-order valence-corrected chi connectivity index (χ2v) is 7.23. The van der Waals surface area contributed by atoms with Crippen LogP contribution in [-0.2, 0) is 14.3 Å². The number of carbonyl (C=O) groups excluding carboxylic acids is 1. The molecule has 0 aliphatic carbocycles. The predicted molar refractivity (Wildman–Crippen MR) is 129 cm³/mol. The standard InChI is InChI=1S/C24H30N4O7/c1-30-10-11-35-9-8-23(29)26-18-12-16(6-7-20(18)31-2)19-15-25-27-28(19)17-13-21(32-3)24(34-5)22(14-17)33-4/h6-7,12-15H,8-11H2,1-5H3,(H,26,29). The van der Waals surface area contributed by atoms with Gasteiger partial charge < -0.3 is 33.7 Å². The Morgan fingerprint density at radius 2 is 1.60 bits per heavy atom. The summed E-state index contributed by atoms with van der Waals surface area (Å²) in [6.07, 6.45) is 1.82. The molecule has 1 aromatic heterocycles. The van der Waals surface area contributed by atoms with Crippen molar-refractivity contribution >= 4 is 11.6 Å². The monoisotopic (exact) mass is 486 g/mol. The molecule has 1 N–H and O–H groups in total. The Morgan fingerprint density at radius 1 is 0.886 bits per heavy atom. The number of ether oxygens (including phenoxy) is 6. The van der Waals surface area contributed by atoms with Crippen molar-refractivity contribution in [2.24, 2.45) is 0 Å². The minimum atomic E-state index is -0.200. The van der Waals surface area contributed by atoms with Crippen LogP contribution in [0.1, 0.15) is 6.42 Å². The Morgan fingerprint density at radius 3 is 2.23 bits per heavy atom. The highest BCUT2D eigenvalue weighted by Crippen LogP contribution is 2.40. The van der Waals surface area contributed by atoms with Crippen molar-refractivity contribution in [3.63, 3.8) is 0 Å². The van der Waals surface area contributed by atoms with Gasteiger partial charge in [-0.1, -0.05) is 5.21 Å². The number of methoxy groups -OCH3 is 5. The number of rotatable bonds is 13. The van der Waals surface area contributed by atoms with E-state index in [9.17, 15) is 4.79 Å². The van der Waals surface area contributed by atoms with Gasteiger partial charge in [0.1, 0.15) is 5.75 Å². The number of benzene rings is 2. The van der Waals surface area contributed by atoms with E-state index in [0.29, 0.717) is 53.3 Å². The molecule has 3 rings (SSSR count). The number of hydrogen-bond donors (Lipinski definition) is 1. The maximum absolute atomic E-state index is 12.5. The zero-order chi connectivity index (χ0) is 25.2. The third-order valence-corrected chi connectivity index (χ3v) is 5.12. The summed E-state index contributed by atoms with van der Waals surface area (Å²) in [7, 11) is 7.77. The number of carbonyl (C=O) groups is 1. The van der Waals surface area contributed by atoms with E-state index < -0.39 is 0 Å². The van der Waals surface area contributed by atoms with Crippen LogP contribution in [0.2, 0.25) is 0 Å². The molecule has 2 aromatic carbocycles. The van der Waals surface area contributed by atoms with E-state index in [1.165, 1.54) is 0 Å². The Bertz CT molecular complexity index is 1110. The van der Waals surface area contributed by atoms with Crippen LogP contribution in [0.3, 0.4) is 0 Å². The predicted octanol–water partition coefficient (Wildman–Crippen LogP) is 2.96. The molecule has 35 heavy (non-hydrogen) atoms. The molecule has 0 spiro atoms. The van der Waals surface area contributed by atoms with Gasteiger partial charge in [0, 0.05) is 24.8 Å². The molecule has 0 radical (unpaired) electrons. The van der Waals surface area contributed by atoms with Gasteiger partial charge in [-0.3, -0.25) is 4.79 Å². The summed E-state index contributed by atoms with van der Waals surface area (Å²) >= 11 is 0. The van der Waals surface area contributed by atoms with Crippen LogP contribution in [0.5, 0.6) is 23.0 Å². The quantitative estimate of drug-likeness (QED) is 0.364. The highest BCUT2D eigenvalue weighted by molar-refractivity contribution is 5.93. The molecule has 1 heterocycles. The van der Waals surface area contributed by atoms with Crippen LogP contribution in [0.25, 0.3) is 16.9 Å². The van der Waals surface area contributed by atoms with Crippen LogP contribution in [0, 0.1) is 0 Å². The highest BCUT2D eigenvalue weighted by Gasteiger charge is 2.18. The molecule has 0 bridgehead atoms. The Labute approximate surface area is 203 Å². The summed E-state index contributed by atoms with van der Waals surface area (Å²) in [6, 6.07) is 8.97. The first-order chi connectivity index (χ1) is 17.1. The minimum Gasteiger partial charge on any atom is -0.495 e. The average Bonchev–Trinajstić information content (AvgIpc) is 3.37.